The molecule has 32 heavy (non-hydrogen) atoms. The molecule has 1 aliphatic heterocycles. The molecule has 0 bridgehead atoms. The van der Waals surface area contributed by atoms with Crippen LogP contribution in [-0.2, 0) is 16.1 Å². The van der Waals surface area contributed by atoms with Crippen molar-refractivity contribution in [2.75, 3.05) is 20.3 Å². The molecule has 2 aromatic rings. The Morgan fingerprint density at radius 2 is 1.69 bits per heavy atom. The van der Waals surface area contributed by atoms with Gasteiger partial charge in [0.15, 0.2) is 6.61 Å². The molecule has 0 spiro atoms. The summed E-state index contributed by atoms with van der Waals surface area (Å²) in [6, 6.07) is 11.4. The van der Waals surface area contributed by atoms with Crippen LogP contribution in [0.2, 0.25) is 0 Å². The van der Waals surface area contributed by atoms with Crippen LogP contribution in [0.5, 0.6) is 5.75 Å². The summed E-state index contributed by atoms with van der Waals surface area (Å²) in [5, 5.41) is 2.70. The first-order chi connectivity index (χ1) is 15.3. The van der Waals surface area contributed by atoms with Crippen molar-refractivity contribution in [2.24, 2.45) is 5.92 Å². The number of nitrogens with zero attached hydrogens (tertiary/aromatic N) is 1. The van der Waals surface area contributed by atoms with Crippen molar-refractivity contribution < 1.29 is 28.7 Å². The predicted octanol–water partition coefficient (Wildman–Crippen LogP) is 2.81. The van der Waals surface area contributed by atoms with Crippen molar-refractivity contribution in [3.05, 3.63) is 64.7 Å². The monoisotopic (exact) mass is 438 g/mol. The highest BCUT2D eigenvalue weighted by Crippen LogP contribution is 2.26. The largest absolute Gasteiger partial charge is 0.496 e. The number of benzene rings is 2. The third kappa shape index (κ3) is 5.14. The molecule has 3 amide bonds. The van der Waals surface area contributed by atoms with E-state index in [4.69, 9.17) is 9.47 Å². The van der Waals surface area contributed by atoms with Gasteiger partial charge in [0, 0.05) is 6.54 Å². The molecule has 0 aromatic heterocycles. The van der Waals surface area contributed by atoms with E-state index in [1.165, 1.54) is 13.2 Å². The highest BCUT2D eigenvalue weighted by molar-refractivity contribution is 6.21. The molecule has 1 N–H and O–H groups in total. The number of amides is 3. The second-order valence-electron chi connectivity index (χ2n) is 7.89. The lowest BCUT2D eigenvalue weighted by atomic mass is 10.1. The number of fused-ring (bicyclic) bond motifs is 1. The molecule has 0 unspecified atom stereocenters. The molecule has 1 heterocycles. The van der Waals surface area contributed by atoms with E-state index in [1.807, 2.05) is 13.8 Å². The van der Waals surface area contributed by atoms with E-state index in [0.29, 0.717) is 29.2 Å². The van der Waals surface area contributed by atoms with Gasteiger partial charge in [-0.3, -0.25) is 19.3 Å². The summed E-state index contributed by atoms with van der Waals surface area (Å²) in [5.74, 6) is -1.18. The van der Waals surface area contributed by atoms with Gasteiger partial charge in [-0.05, 0) is 42.2 Å². The lowest BCUT2D eigenvalue weighted by Gasteiger charge is -2.16. The quantitative estimate of drug-likeness (QED) is 0.477. The minimum atomic E-state index is -0.731. The molecule has 0 radical (unpaired) electrons. The lowest BCUT2D eigenvalue weighted by Crippen LogP contribution is -2.30. The Morgan fingerprint density at radius 1 is 1.03 bits per heavy atom. The fourth-order valence-electron chi connectivity index (χ4n) is 3.34. The lowest BCUT2D eigenvalue weighted by molar-refractivity contribution is -0.124. The molecule has 0 atom stereocenters. The van der Waals surface area contributed by atoms with Gasteiger partial charge in [-0.2, -0.15) is 0 Å². The fraction of sp³-hybridized carbons (Fsp3) is 0.333. The summed E-state index contributed by atoms with van der Waals surface area (Å²) in [7, 11) is 1.41. The summed E-state index contributed by atoms with van der Waals surface area (Å²) in [6.07, 6.45) is 0.827. The van der Waals surface area contributed by atoms with E-state index < -0.39 is 12.6 Å². The smallest absolute Gasteiger partial charge is 0.342 e. The molecular formula is C24H26N2O6. The van der Waals surface area contributed by atoms with E-state index in [1.54, 1.807) is 36.4 Å². The molecule has 8 heteroatoms. The molecule has 0 aliphatic carbocycles. The number of imide groups is 1. The third-order valence-corrected chi connectivity index (χ3v) is 5.08. The minimum absolute atomic E-state index is 0.00763. The standard InChI is InChI=1S/C24H26N2O6/c1-15(2)10-11-25-21(27)14-32-24(30)19-12-16(8-9-20(19)31-3)13-26-22(28)17-6-4-5-7-18(17)23(26)29/h4-9,12,15H,10-11,13-14H2,1-3H3,(H,25,27). The second-order valence-corrected chi connectivity index (χ2v) is 7.89. The number of esters is 1. The Labute approximate surface area is 186 Å². The van der Waals surface area contributed by atoms with Gasteiger partial charge in [-0.25, -0.2) is 4.79 Å². The van der Waals surface area contributed by atoms with Crippen LogP contribution in [-0.4, -0.2) is 48.9 Å². The first-order valence-electron chi connectivity index (χ1n) is 10.4. The van der Waals surface area contributed by atoms with Crippen molar-refractivity contribution in [1.29, 1.82) is 0 Å². The highest BCUT2D eigenvalue weighted by atomic mass is 16.5. The van der Waals surface area contributed by atoms with Crippen molar-refractivity contribution in [1.82, 2.24) is 10.2 Å². The van der Waals surface area contributed by atoms with Crippen LogP contribution >= 0.6 is 0 Å². The SMILES string of the molecule is COc1ccc(CN2C(=O)c3ccccc3C2=O)cc1C(=O)OCC(=O)NCCC(C)C. The van der Waals surface area contributed by atoms with E-state index in [-0.39, 0.29) is 35.6 Å². The Bertz CT molecular complexity index is 1010. The van der Waals surface area contributed by atoms with E-state index in [0.717, 1.165) is 11.3 Å². The number of hydrogen-bond acceptors (Lipinski definition) is 6. The van der Waals surface area contributed by atoms with Crippen LogP contribution in [0, 0.1) is 5.92 Å². The molecule has 0 fully saturated rings. The zero-order valence-electron chi connectivity index (χ0n) is 18.3. The van der Waals surface area contributed by atoms with Crippen LogP contribution < -0.4 is 10.1 Å². The molecule has 0 saturated heterocycles. The summed E-state index contributed by atoms with van der Waals surface area (Å²) in [6.45, 7) is 4.18. The Morgan fingerprint density at radius 3 is 2.28 bits per heavy atom. The summed E-state index contributed by atoms with van der Waals surface area (Å²) < 4.78 is 10.4. The van der Waals surface area contributed by atoms with Crippen molar-refractivity contribution >= 4 is 23.7 Å². The van der Waals surface area contributed by atoms with Gasteiger partial charge in [0.1, 0.15) is 11.3 Å². The highest BCUT2D eigenvalue weighted by Gasteiger charge is 2.35. The van der Waals surface area contributed by atoms with Gasteiger partial charge >= 0.3 is 5.97 Å². The van der Waals surface area contributed by atoms with Crippen molar-refractivity contribution in [3.8, 4) is 5.75 Å². The molecule has 0 saturated carbocycles. The molecule has 1 aliphatic rings. The van der Waals surface area contributed by atoms with E-state index in [2.05, 4.69) is 5.32 Å². The average Bonchev–Trinajstić information content (AvgIpc) is 3.02. The van der Waals surface area contributed by atoms with E-state index >= 15 is 0 Å². The number of carbonyl (C=O) groups excluding carboxylic acids is 4. The maximum atomic E-state index is 12.6. The van der Waals surface area contributed by atoms with Crippen LogP contribution in [0.3, 0.4) is 0 Å². The number of ether oxygens (including phenoxy) is 2. The van der Waals surface area contributed by atoms with E-state index in [9.17, 15) is 19.2 Å². The van der Waals surface area contributed by atoms with Crippen molar-refractivity contribution in [3.63, 3.8) is 0 Å². The molecule has 3 rings (SSSR count). The fourth-order valence-corrected chi connectivity index (χ4v) is 3.34. The second kappa shape index (κ2) is 10.1. The Kier molecular flexibility index (Phi) is 7.25. The number of carbonyl (C=O) groups is 4. The number of rotatable bonds is 9. The first kappa shape index (κ1) is 23.0. The van der Waals surface area contributed by atoms with Gasteiger partial charge < -0.3 is 14.8 Å². The summed E-state index contributed by atoms with van der Waals surface area (Å²) in [4.78, 5) is 50.8. The number of hydrogen-bond donors (Lipinski definition) is 1. The Hall–Kier alpha value is -3.68. The molecule has 2 aromatic carbocycles. The zero-order chi connectivity index (χ0) is 23.3. The number of nitrogens with one attached hydrogen (secondary N) is 1. The van der Waals surface area contributed by atoms with Crippen LogP contribution in [0.15, 0.2) is 42.5 Å². The topological polar surface area (TPSA) is 102 Å². The van der Waals surface area contributed by atoms with Gasteiger partial charge in [0.05, 0.1) is 24.8 Å². The molecule has 168 valence electrons. The van der Waals surface area contributed by atoms with Gasteiger partial charge in [0.2, 0.25) is 0 Å². The average molecular weight is 438 g/mol. The molecule has 8 nitrogen and oxygen atoms in total. The normalized spacial score (nSPS) is 12.7. The third-order valence-electron chi connectivity index (χ3n) is 5.08. The van der Waals surface area contributed by atoms with Crippen LogP contribution in [0.25, 0.3) is 0 Å². The first-order valence-corrected chi connectivity index (χ1v) is 10.4. The zero-order valence-corrected chi connectivity index (χ0v) is 18.3. The van der Waals surface area contributed by atoms with Crippen molar-refractivity contribution in [2.45, 2.75) is 26.8 Å². The summed E-state index contributed by atoms with van der Waals surface area (Å²) in [5.41, 5.74) is 1.37. The van der Waals surface area contributed by atoms with Gasteiger partial charge in [-0.1, -0.05) is 32.0 Å². The number of methoxy groups -OCH3 is 1. The predicted molar refractivity (Wildman–Crippen MR) is 116 cm³/mol. The summed E-state index contributed by atoms with van der Waals surface area (Å²) >= 11 is 0. The maximum Gasteiger partial charge on any atom is 0.342 e. The Balaban J connectivity index is 1.68. The minimum Gasteiger partial charge on any atom is -0.496 e. The van der Waals surface area contributed by atoms with Crippen LogP contribution in [0.1, 0.15) is 56.9 Å². The maximum absolute atomic E-state index is 12.6. The van der Waals surface area contributed by atoms with Crippen LogP contribution in [0.4, 0.5) is 0 Å². The molecular weight excluding hydrogens is 412 g/mol. The van der Waals surface area contributed by atoms with Gasteiger partial charge in [-0.15, -0.1) is 0 Å². The van der Waals surface area contributed by atoms with Gasteiger partial charge in [0.25, 0.3) is 17.7 Å².